The van der Waals surface area contributed by atoms with Gasteiger partial charge in [0, 0.05) is 12.8 Å². The first kappa shape index (κ1) is 4.53. The molecule has 0 radical (unpaired) electrons. The molecule has 0 amide bonds. The van der Waals surface area contributed by atoms with Gasteiger partial charge in [-0.15, -0.1) is 0 Å². The molecule has 0 atom stereocenters. The molecule has 0 saturated heterocycles. The largest absolute Gasteiger partial charge is 0.396 e. The fourth-order valence-corrected chi connectivity index (χ4v) is 0. The van der Waals surface area contributed by atoms with E-state index in [4.69, 9.17) is 5.73 Å². The van der Waals surface area contributed by atoms with Crippen LogP contribution in [-0.4, -0.2) is 20.6 Å². The average molecular weight is 69.9 g/mol. The maximum absolute atomic E-state index is 5.04. The van der Waals surface area contributed by atoms with Crippen molar-refractivity contribution >= 4 is 13.6 Å². The monoisotopic (exact) mass is 70.1 g/mol. The van der Waals surface area contributed by atoms with E-state index in [1.54, 1.807) is 14.9 Å². The van der Waals surface area contributed by atoms with E-state index in [9.17, 15) is 0 Å². The molecule has 0 aliphatic rings. The van der Waals surface area contributed by atoms with Crippen LogP contribution in [0.25, 0.3) is 0 Å². The smallest absolute Gasteiger partial charge is 0.184 e. The molecule has 0 aromatic heterocycles. The Morgan fingerprint density at radius 3 is 2.20 bits per heavy atom. The summed E-state index contributed by atoms with van der Waals surface area (Å²) >= 11 is 0. The lowest BCUT2D eigenvalue weighted by Gasteiger charge is -1.76. The molecule has 0 aromatic carbocycles. The third-order valence-electron chi connectivity index (χ3n) is 0.353. The van der Waals surface area contributed by atoms with Crippen molar-refractivity contribution in [1.82, 2.24) is 0 Å². The minimum atomic E-state index is 0.630. The Hall–Kier alpha value is -0.465. The summed E-state index contributed by atoms with van der Waals surface area (Å²) in [7, 11) is 3.41. The molecular weight excluding hydrogens is 62.8 g/mol. The highest BCUT2D eigenvalue weighted by Gasteiger charge is 1.62. The molecule has 0 bridgehead atoms. The molecule has 2 N–H and O–H groups in total. The van der Waals surface area contributed by atoms with Crippen LogP contribution in [0.15, 0.2) is 4.99 Å². The predicted octanol–water partition coefficient (Wildman–Crippen LogP) is -1.44. The SMILES string of the molecule is B/C(N)=N/C. The van der Waals surface area contributed by atoms with Gasteiger partial charge in [-0.05, 0) is 0 Å². The van der Waals surface area contributed by atoms with E-state index in [0.717, 1.165) is 0 Å². The first-order chi connectivity index (χ1) is 2.27. The Bertz CT molecular complexity index is 45.6. The summed E-state index contributed by atoms with van der Waals surface area (Å²) in [6.45, 7) is 0. The summed E-state index contributed by atoms with van der Waals surface area (Å²) in [5.41, 5.74) is 5.67. The Morgan fingerprint density at radius 1 is 2.00 bits per heavy atom. The lowest BCUT2D eigenvalue weighted by molar-refractivity contribution is 1.44. The molecule has 0 rings (SSSR count). The summed E-state index contributed by atoms with van der Waals surface area (Å²) < 4.78 is 0. The number of rotatable bonds is 0. The van der Waals surface area contributed by atoms with Crippen molar-refractivity contribution in [2.75, 3.05) is 7.05 Å². The quantitative estimate of drug-likeness (QED) is 0.211. The molecule has 0 saturated carbocycles. The number of hydrogen-bond donors (Lipinski definition) is 1. The predicted molar refractivity (Wildman–Crippen MR) is 26.1 cm³/mol. The summed E-state index contributed by atoms with van der Waals surface area (Å²) in [6, 6.07) is 0. The molecule has 0 fully saturated rings. The van der Waals surface area contributed by atoms with E-state index in [2.05, 4.69) is 4.99 Å². The first-order valence-corrected chi connectivity index (χ1v) is 1.46. The van der Waals surface area contributed by atoms with Crippen LogP contribution in [0.2, 0.25) is 0 Å². The van der Waals surface area contributed by atoms with E-state index in [1.807, 2.05) is 0 Å². The molecule has 0 unspecified atom stereocenters. The zero-order valence-corrected chi connectivity index (χ0v) is 3.52. The normalized spacial score (nSPS) is 11.8. The van der Waals surface area contributed by atoms with E-state index >= 15 is 0 Å². The number of aliphatic imine (C=N–C) groups is 1. The number of hydrogen-bond acceptors (Lipinski definition) is 1. The highest BCUT2D eigenvalue weighted by Crippen LogP contribution is 1.44. The van der Waals surface area contributed by atoms with Crippen LogP contribution in [0.4, 0.5) is 0 Å². The van der Waals surface area contributed by atoms with Gasteiger partial charge in [0.05, 0.1) is 0 Å². The van der Waals surface area contributed by atoms with Gasteiger partial charge in [-0.1, -0.05) is 0 Å². The third kappa shape index (κ3) is 3.53. The van der Waals surface area contributed by atoms with Gasteiger partial charge in [0.2, 0.25) is 0 Å². The fourth-order valence-electron chi connectivity index (χ4n) is 0. The van der Waals surface area contributed by atoms with E-state index in [0.29, 0.717) is 5.73 Å². The lowest BCUT2D eigenvalue weighted by Crippen LogP contribution is -2.09. The molecular formula is C2H7BN2. The average Bonchev–Trinajstić information content (AvgIpc) is 1.38. The van der Waals surface area contributed by atoms with Crippen LogP contribution in [0, 0.1) is 0 Å². The van der Waals surface area contributed by atoms with Crippen LogP contribution >= 0.6 is 0 Å². The van der Waals surface area contributed by atoms with Gasteiger partial charge < -0.3 is 5.73 Å². The van der Waals surface area contributed by atoms with Crippen molar-refractivity contribution in [2.24, 2.45) is 10.7 Å². The molecule has 0 spiro atoms. The minimum Gasteiger partial charge on any atom is -0.396 e. The van der Waals surface area contributed by atoms with Crippen LogP contribution in [0.5, 0.6) is 0 Å². The zero-order chi connectivity index (χ0) is 4.28. The number of nitrogens with two attached hydrogens (primary N) is 1. The van der Waals surface area contributed by atoms with Gasteiger partial charge in [-0.25, -0.2) is 0 Å². The number of nitrogens with zero attached hydrogens (tertiary/aromatic N) is 1. The van der Waals surface area contributed by atoms with Crippen molar-refractivity contribution in [3.05, 3.63) is 0 Å². The zero-order valence-electron chi connectivity index (χ0n) is 3.52. The molecule has 3 heteroatoms. The third-order valence-corrected chi connectivity index (χ3v) is 0.353. The van der Waals surface area contributed by atoms with Crippen molar-refractivity contribution in [3.63, 3.8) is 0 Å². The Balaban J connectivity index is 3.14. The van der Waals surface area contributed by atoms with E-state index in [-0.39, 0.29) is 0 Å². The Labute approximate surface area is 32.5 Å². The summed E-state index contributed by atoms with van der Waals surface area (Å²) in [4.78, 5) is 3.58. The molecule has 0 heterocycles. The van der Waals surface area contributed by atoms with Gasteiger partial charge in [0.25, 0.3) is 0 Å². The van der Waals surface area contributed by atoms with Crippen molar-refractivity contribution in [1.29, 1.82) is 0 Å². The van der Waals surface area contributed by atoms with Gasteiger partial charge in [-0.3, -0.25) is 4.99 Å². The molecule has 2 nitrogen and oxygen atoms in total. The van der Waals surface area contributed by atoms with Crippen LogP contribution < -0.4 is 5.73 Å². The van der Waals surface area contributed by atoms with Crippen molar-refractivity contribution in [2.45, 2.75) is 0 Å². The lowest BCUT2D eigenvalue weighted by atomic mass is 10.1. The van der Waals surface area contributed by atoms with Gasteiger partial charge in [-0.2, -0.15) is 0 Å². The Morgan fingerprint density at radius 2 is 2.20 bits per heavy atom. The van der Waals surface area contributed by atoms with E-state index in [1.165, 1.54) is 0 Å². The molecule has 0 aliphatic carbocycles. The molecule has 0 aromatic rings. The van der Waals surface area contributed by atoms with Crippen LogP contribution in [0.3, 0.4) is 0 Å². The van der Waals surface area contributed by atoms with Gasteiger partial charge in [0.1, 0.15) is 0 Å². The van der Waals surface area contributed by atoms with Crippen LogP contribution in [-0.2, 0) is 0 Å². The van der Waals surface area contributed by atoms with Crippen LogP contribution in [0.1, 0.15) is 0 Å². The Kier molecular flexibility index (Phi) is 1.65. The second kappa shape index (κ2) is 1.82. The van der Waals surface area contributed by atoms with Gasteiger partial charge >= 0.3 is 0 Å². The second-order valence-electron chi connectivity index (χ2n) is 0.865. The summed E-state index contributed by atoms with van der Waals surface area (Å²) in [5.74, 6) is 0. The van der Waals surface area contributed by atoms with Gasteiger partial charge in [0.15, 0.2) is 7.85 Å². The molecule has 28 valence electrons. The summed E-state index contributed by atoms with van der Waals surface area (Å²) in [5, 5.41) is 0. The first-order valence-electron chi connectivity index (χ1n) is 1.46. The molecule has 5 heavy (non-hydrogen) atoms. The van der Waals surface area contributed by atoms with E-state index < -0.39 is 0 Å². The van der Waals surface area contributed by atoms with Crippen molar-refractivity contribution in [3.8, 4) is 0 Å². The number of amidine groups is 1. The summed E-state index contributed by atoms with van der Waals surface area (Å²) in [6.07, 6.45) is 0. The second-order valence-corrected chi connectivity index (χ2v) is 0.865. The fraction of sp³-hybridized carbons (Fsp3) is 0.500. The standard InChI is InChI=1S/C2H7BN2/c1-5-2(3)4/h3H2,1H3,(H2,4,5). The molecule has 0 aliphatic heterocycles. The minimum absolute atomic E-state index is 0.630. The topological polar surface area (TPSA) is 38.4 Å². The maximum Gasteiger partial charge on any atom is 0.184 e. The highest BCUT2D eigenvalue weighted by atomic mass is 14.8. The highest BCUT2D eigenvalue weighted by molar-refractivity contribution is 6.58. The maximum atomic E-state index is 5.04. The van der Waals surface area contributed by atoms with Crippen molar-refractivity contribution < 1.29 is 0 Å².